The van der Waals surface area contributed by atoms with Crippen LogP contribution < -0.4 is 10.1 Å². The first-order chi connectivity index (χ1) is 11.0. The maximum absolute atomic E-state index is 12.8. The standard InChI is InChI=1S/C16H16N2O5/c1-23-10-4-2-9(3-5-10)14(21)13-11(8-12(19)20)16(22)18-7-6-17-15(13)18/h2-5,11,17H,6-8H2,1H3,(H,19,20)/t11-/m1/s1. The Hall–Kier alpha value is -2.83. The van der Waals surface area contributed by atoms with Crippen molar-refractivity contribution >= 4 is 17.7 Å². The number of hydrogen-bond donors (Lipinski definition) is 2. The quantitative estimate of drug-likeness (QED) is 0.773. The Labute approximate surface area is 132 Å². The lowest BCUT2D eigenvalue weighted by Gasteiger charge is -2.12. The highest BCUT2D eigenvalue weighted by molar-refractivity contribution is 6.15. The molecule has 1 amide bonds. The third-order valence-corrected chi connectivity index (χ3v) is 4.04. The molecule has 0 aliphatic carbocycles. The van der Waals surface area contributed by atoms with Gasteiger partial charge in [0.1, 0.15) is 11.6 Å². The first kappa shape index (κ1) is 15.1. The van der Waals surface area contributed by atoms with Gasteiger partial charge in [0, 0.05) is 18.7 Å². The summed E-state index contributed by atoms with van der Waals surface area (Å²) in [4.78, 5) is 37.7. The second kappa shape index (κ2) is 5.75. The Bertz CT molecular complexity index is 708. The van der Waals surface area contributed by atoms with Crippen LogP contribution in [0.2, 0.25) is 0 Å². The minimum absolute atomic E-state index is 0.236. The molecule has 0 saturated carbocycles. The average Bonchev–Trinajstić information content (AvgIpc) is 3.10. The molecular weight excluding hydrogens is 300 g/mol. The van der Waals surface area contributed by atoms with Crippen LogP contribution in [-0.4, -0.2) is 47.9 Å². The number of carboxylic acids is 1. The van der Waals surface area contributed by atoms with Crippen molar-refractivity contribution in [2.45, 2.75) is 6.42 Å². The smallest absolute Gasteiger partial charge is 0.304 e. The number of amides is 1. The van der Waals surface area contributed by atoms with E-state index in [9.17, 15) is 14.4 Å². The second-order valence-corrected chi connectivity index (χ2v) is 5.39. The van der Waals surface area contributed by atoms with Crippen molar-refractivity contribution < 1.29 is 24.2 Å². The van der Waals surface area contributed by atoms with Crippen LogP contribution in [0.1, 0.15) is 16.8 Å². The minimum Gasteiger partial charge on any atom is -0.497 e. The zero-order valence-electron chi connectivity index (χ0n) is 12.5. The molecule has 3 rings (SSSR count). The van der Waals surface area contributed by atoms with E-state index in [2.05, 4.69) is 5.32 Å². The van der Waals surface area contributed by atoms with E-state index in [1.165, 1.54) is 12.0 Å². The Morgan fingerprint density at radius 3 is 2.65 bits per heavy atom. The largest absolute Gasteiger partial charge is 0.497 e. The highest BCUT2D eigenvalue weighted by Crippen LogP contribution is 2.35. The van der Waals surface area contributed by atoms with E-state index in [0.29, 0.717) is 30.2 Å². The summed E-state index contributed by atoms with van der Waals surface area (Å²) >= 11 is 0. The van der Waals surface area contributed by atoms with Gasteiger partial charge in [-0.3, -0.25) is 19.3 Å². The topological polar surface area (TPSA) is 95.9 Å². The molecule has 0 aromatic heterocycles. The second-order valence-electron chi connectivity index (χ2n) is 5.39. The number of ketones is 1. The Morgan fingerprint density at radius 1 is 1.35 bits per heavy atom. The summed E-state index contributed by atoms with van der Waals surface area (Å²) in [7, 11) is 1.53. The van der Waals surface area contributed by atoms with Crippen LogP contribution >= 0.6 is 0 Å². The van der Waals surface area contributed by atoms with Crippen LogP contribution in [-0.2, 0) is 9.59 Å². The molecule has 2 aliphatic heterocycles. The molecule has 7 heteroatoms. The monoisotopic (exact) mass is 316 g/mol. The molecule has 2 heterocycles. The van der Waals surface area contributed by atoms with E-state index >= 15 is 0 Å². The third-order valence-electron chi connectivity index (χ3n) is 4.04. The van der Waals surface area contributed by atoms with E-state index in [1.807, 2.05) is 0 Å². The minimum atomic E-state index is -1.11. The van der Waals surface area contributed by atoms with E-state index in [4.69, 9.17) is 9.84 Å². The molecule has 0 bridgehead atoms. The lowest BCUT2D eigenvalue weighted by Crippen LogP contribution is -2.29. The van der Waals surface area contributed by atoms with Gasteiger partial charge in [0.2, 0.25) is 5.91 Å². The van der Waals surface area contributed by atoms with Crippen LogP contribution in [0.5, 0.6) is 5.75 Å². The van der Waals surface area contributed by atoms with Crippen molar-refractivity contribution in [3.63, 3.8) is 0 Å². The summed E-state index contributed by atoms with van der Waals surface area (Å²) < 4.78 is 5.06. The van der Waals surface area contributed by atoms with Gasteiger partial charge in [0.05, 0.1) is 25.0 Å². The van der Waals surface area contributed by atoms with E-state index in [1.54, 1.807) is 24.3 Å². The van der Waals surface area contributed by atoms with Gasteiger partial charge in [-0.15, -0.1) is 0 Å². The van der Waals surface area contributed by atoms with Gasteiger partial charge in [-0.05, 0) is 24.3 Å². The van der Waals surface area contributed by atoms with Crippen LogP contribution in [0, 0.1) is 5.92 Å². The summed E-state index contributed by atoms with van der Waals surface area (Å²) in [5, 5.41) is 12.1. The molecular formula is C16H16N2O5. The van der Waals surface area contributed by atoms with E-state index in [-0.39, 0.29) is 17.3 Å². The molecule has 120 valence electrons. The Balaban J connectivity index is 1.98. The normalized spacial score (nSPS) is 19.6. The van der Waals surface area contributed by atoms with Gasteiger partial charge < -0.3 is 15.2 Å². The van der Waals surface area contributed by atoms with Crippen LogP contribution in [0.3, 0.4) is 0 Å². The number of aliphatic carboxylic acids is 1. The number of carboxylic acid groups (broad SMARTS) is 1. The van der Waals surface area contributed by atoms with Gasteiger partial charge >= 0.3 is 5.97 Å². The average molecular weight is 316 g/mol. The molecule has 2 N–H and O–H groups in total. The van der Waals surface area contributed by atoms with Crippen molar-refractivity contribution in [3.8, 4) is 5.75 Å². The molecule has 1 saturated heterocycles. The van der Waals surface area contributed by atoms with Crippen molar-refractivity contribution in [3.05, 3.63) is 41.2 Å². The molecule has 1 atom stereocenters. The first-order valence-electron chi connectivity index (χ1n) is 7.23. The Kier molecular flexibility index (Phi) is 3.77. The summed E-state index contributed by atoms with van der Waals surface area (Å²) in [6.45, 7) is 1.00. The number of fused-ring (bicyclic) bond motifs is 1. The molecule has 2 aliphatic rings. The number of rotatable bonds is 5. The van der Waals surface area contributed by atoms with Crippen LogP contribution in [0.15, 0.2) is 35.7 Å². The number of carbonyl (C=O) groups is 3. The van der Waals surface area contributed by atoms with Crippen molar-refractivity contribution in [2.24, 2.45) is 5.92 Å². The summed E-state index contributed by atoms with van der Waals surface area (Å²) in [5.41, 5.74) is 0.632. The molecule has 1 aromatic rings. The zero-order chi connectivity index (χ0) is 16.6. The number of methoxy groups -OCH3 is 1. The fourth-order valence-electron chi connectivity index (χ4n) is 2.96. The highest BCUT2D eigenvalue weighted by atomic mass is 16.5. The SMILES string of the molecule is COc1ccc(C(=O)C2=C3NCCN3C(=O)[C@@H]2CC(=O)O)cc1. The third kappa shape index (κ3) is 2.54. The van der Waals surface area contributed by atoms with E-state index in [0.717, 1.165) is 0 Å². The van der Waals surface area contributed by atoms with Crippen molar-refractivity contribution in [1.82, 2.24) is 10.2 Å². The number of benzene rings is 1. The fraction of sp³-hybridized carbons (Fsp3) is 0.312. The molecule has 0 radical (unpaired) electrons. The number of nitrogens with one attached hydrogen (secondary N) is 1. The molecule has 1 fully saturated rings. The van der Waals surface area contributed by atoms with Gasteiger partial charge in [-0.25, -0.2) is 0 Å². The fourth-order valence-corrected chi connectivity index (χ4v) is 2.96. The molecule has 7 nitrogen and oxygen atoms in total. The van der Waals surface area contributed by atoms with Crippen LogP contribution in [0.4, 0.5) is 0 Å². The summed E-state index contributed by atoms with van der Waals surface area (Å²) in [5.74, 6) is -1.65. The number of Topliss-reactive ketones (excluding diaryl/α,β-unsaturated/α-hetero) is 1. The zero-order valence-corrected chi connectivity index (χ0v) is 12.5. The number of ether oxygens (including phenoxy) is 1. The summed E-state index contributed by atoms with van der Waals surface area (Å²) in [6.07, 6.45) is -0.391. The van der Waals surface area contributed by atoms with Gasteiger partial charge in [-0.1, -0.05) is 0 Å². The van der Waals surface area contributed by atoms with Gasteiger partial charge in [0.15, 0.2) is 5.78 Å². The Morgan fingerprint density at radius 2 is 2.04 bits per heavy atom. The molecule has 0 spiro atoms. The van der Waals surface area contributed by atoms with Gasteiger partial charge in [0.25, 0.3) is 0 Å². The number of hydrogen-bond acceptors (Lipinski definition) is 5. The van der Waals surface area contributed by atoms with Crippen LogP contribution in [0.25, 0.3) is 0 Å². The summed E-state index contributed by atoms with van der Waals surface area (Å²) in [6, 6.07) is 6.52. The predicted octanol–water partition coefficient (Wildman–Crippen LogP) is 0.626. The lowest BCUT2D eigenvalue weighted by molar-refractivity contribution is -0.141. The maximum Gasteiger partial charge on any atom is 0.304 e. The number of nitrogens with zero attached hydrogens (tertiary/aromatic N) is 1. The first-order valence-corrected chi connectivity index (χ1v) is 7.23. The van der Waals surface area contributed by atoms with Crippen molar-refractivity contribution in [2.75, 3.05) is 20.2 Å². The van der Waals surface area contributed by atoms with Crippen molar-refractivity contribution in [1.29, 1.82) is 0 Å². The predicted molar refractivity (Wildman–Crippen MR) is 79.8 cm³/mol. The number of carbonyl (C=O) groups excluding carboxylic acids is 2. The lowest BCUT2D eigenvalue weighted by atomic mass is 9.90. The van der Waals surface area contributed by atoms with Gasteiger partial charge in [-0.2, -0.15) is 0 Å². The molecule has 23 heavy (non-hydrogen) atoms. The maximum atomic E-state index is 12.8. The highest BCUT2D eigenvalue weighted by Gasteiger charge is 2.45. The molecule has 0 unspecified atom stereocenters. The molecule has 1 aromatic carbocycles. The van der Waals surface area contributed by atoms with E-state index < -0.39 is 18.3 Å².